The van der Waals surface area contributed by atoms with Crippen LogP contribution in [0.1, 0.15) is 33.4 Å². The molecule has 2 rings (SSSR count). The lowest BCUT2D eigenvalue weighted by molar-refractivity contribution is 0.276. The monoisotopic (exact) mass is 286 g/mol. The smallest absolute Gasteiger partial charge is 0.181 e. The molecular formula is C16H18N2OS. The number of thiazole rings is 1. The van der Waals surface area contributed by atoms with E-state index >= 15 is 0 Å². The third-order valence-corrected chi connectivity index (χ3v) is 3.76. The molecule has 0 radical (unpaired) electrons. The first-order valence-electron chi connectivity index (χ1n) is 6.53. The van der Waals surface area contributed by atoms with E-state index in [9.17, 15) is 0 Å². The van der Waals surface area contributed by atoms with Gasteiger partial charge in [-0.25, -0.2) is 4.98 Å². The van der Waals surface area contributed by atoms with E-state index in [2.05, 4.69) is 31.1 Å². The Morgan fingerprint density at radius 3 is 2.40 bits per heavy atom. The Labute approximate surface area is 123 Å². The molecule has 0 aliphatic carbocycles. The van der Waals surface area contributed by atoms with Crippen molar-refractivity contribution in [2.75, 3.05) is 0 Å². The quantitative estimate of drug-likeness (QED) is 0.840. The second kappa shape index (κ2) is 5.64. The van der Waals surface area contributed by atoms with Gasteiger partial charge in [0.1, 0.15) is 16.8 Å². The van der Waals surface area contributed by atoms with Gasteiger partial charge in [-0.05, 0) is 31.2 Å². The summed E-state index contributed by atoms with van der Waals surface area (Å²) in [4.78, 5) is 4.68. The fourth-order valence-corrected chi connectivity index (χ4v) is 2.71. The first-order valence-corrected chi connectivity index (χ1v) is 7.41. The number of hydrogen-bond donors (Lipinski definition) is 0. The average molecular weight is 286 g/mol. The topological polar surface area (TPSA) is 45.9 Å². The Hall–Kier alpha value is -1.86. The van der Waals surface area contributed by atoms with Crippen molar-refractivity contribution < 1.29 is 4.74 Å². The Morgan fingerprint density at radius 1 is 1.25 bits per heavy atom. The second-order valence-corrected chi connectivity index (χ2v) is 6.56. The van der Waals surface area contributed by atoms with Crippen molar-refractivity contribution in [2.45, 2.75) is 39.2 Å². The first kappa shape index (κ1) is 14.5. The molecule has 2 aromatic rings. The van der Waals surface area contributed by atoms with E-state index in [4.69, 9.17) is 10.00 Å². The summed E-state index contributed by atoms with van der Waals surface area (Å²) in [6.07, 6.45) is -0.437. The molecule has 4 heteroatoms. The average Bonchev–Trinajstić information content (AvgIpc) is 2.89. The highest BCUT2D eigenvalue weighted by Gasteiger charge is 2.17. The summed E-state index contributed by atoms with van der Waals surface area (Å²) in [5.41, 5.74) is 2.25. The lowest BCUT2D eigenvalue weighted by atomic mass is 9.93. The summed E-state index contributed by atoms with van der Waals surface area (Å²) in [7, 11) is 0. The van der Waals surface area contributed by atoms with Crippen molar-refractivity contribution in [2.24, 2.45) is 0 Å². The van der Waals surface area contributed by atoms with Crippen LogP contribution < -0.4 is 4.74 Å². The molecule has 1 aromatic carbocycles. The minimum Gasteiger partial charge on any atom is -0.476 e. The highest BCUT2D eigenvalue weighted by Crippen LogP contribution is 2.30. The third-order valence-electron chi connectivity index (χ3n) is 2.87. The van der Waals surface area contributed by atoms with E-state index in [1.807, 2.05) is 30.3 Å². The third kappa shape index (κ3) is 3.37. The zero-order valence-electron chi connectivity index (χ0n) is 12.2. The molecule has 3 nitrogen and oxygen atoms in total. The van der Waals surface area contributed by atoms with Crippen molar-refractivity contribution in [3.8, 4) is 22.4 Å². The van der Waals surface area contributed by atoms with Gasteiger partial charge in [0.2, 0.25) is 0 Å². The molecule has 1 heterocycles. The molecular weight excluding hydrogens is 268 g/mol. The summed E-state index contributed by atoms with van der Waals surface area (Å²) in [5.74, 6) is 0.704. The standard InChI is InChI=1S/C16H18N2OS/c1-11(9-17)19-13-7-5-12(6-8-13)15-18-14(10-20-15)16(2,3)4/h5-8,10-11H,1-4H3/t11-/m0/s1. The molecule has 0 amide bonds. The zero-order chi connectivity index (χ0) is 14.8. The maximum Gasteiger partial charge on any atom is 0.181 e. The van der Waals surface area contributed by atoms with E-state index in [1.165, 1.54) is 0 Å². The van der Waals surface area contributed by atoms with E-state index in [1.54, 1.807) is 18.3 Å². The van der Waals surface area contributed by atoms with Gasteiger partial charge in [0.05, 0.1) is 5.69 Å². The van der Waals surface area contributed by atoms with Gasteiger partial charge in [-0.15, -0.1) is 11.3 Å². The summed E-state index contributed by atoms with van der Waals surface area (Å²) in [6.45, 7) is 8.20. The molecule has 0 aliphatic rings. The van der Waals surface area contributed by atoms with Crippen LogP contribution in [0.5, 0.6) is 5.75 Å². The summed E-state index contributed by atoms with van der Waals surface area (Å²) in [5, 5.41) is 11.8. The van der Waals surface area contributed by atoms with Gasteiger partial charge in [-0.1, -0.05) is 20.8 Å². The van der Waals surface area contributed by atoms with Crippen LogP contribution in [0.4, 0.5) is 0 Å². The predicted octanol–water partition coefficient (Wildman–Crippen LogP) is 4.40. The van der Waals surface area contributed by atoms with E-state index in [0.29, 0.717) is 5.75 Å². The van der Waals surface area contributed by atoms with E-state index in [-0.39, 0.29) is 5.41 Å². The van der Waals surface area contributed by atoms with Crippen LogP contribution in [-0.2, 0) is 5.41 Å². The van der Waals surface area contributed by atoms with Crippen LogP contribution in [0.25, 0.3) is 10.6 Å². The van der Waals surface area contributed by atoms with Gasteiger partial charge in [0.25, 0.3) is 0 Å². The Kier molecular flexibility index (Phi) is 4.10. The second-order valence-electron chi connectivity index (χ2n) is 5.70. The Bertz CT molecular complexity index is 617. The van der Waals surface area contributed by atoms with Crippen molar-refractivity contribution in [3.63, 3.8) is 0 Å². The lowest BCUT2D eigenvalue weighted by Crippen LogP contribution is -2.11. The van der Waals surface area contributed by atoms with Gasteiger partial charge in [0.15, 0.2) is 6.10 Å². The van der Waals surface area contributed by atoms with E-state index in [0.717, 1.165) is 16.3 Å². The minimum absolute atomic E-state index is 0.0695. The molecule has 0 unspecified atom stereocenters. The van der Waals surface area contributed by atoms with Crippen LogP contribution in [0, 0.1) is 11.3 Å². The normalized spacial score (nSPS) is 12.8. The minimum atomic E-state index is -0.437. The molecule has 1 aromatic heterocycles. The van der Waals surface area contributed by atoms with Gasteiger partial charge in [-0.2, -0.15) is 5.26 Å². The van der Waals surface area contributed by atoms with Crippen LogP contribution in [-0.4, -0.2) is 11.1 Å². The van der Waals surface area contributed by atoms with Crippen LogP contribution in [0.15, 0.2) is 29.6 Å². The fourth-order valence-electron chi connectivity index (χ4n) is 1.66. The van der Waals surface area contributed by atoms with Crippen LogP contribution in [0.2, 0.25) is 0 Å². The summed E-state index contributed by atoms with van der Waals surface area (Å²) in [6, 6.07) is 9.75. The summed E-state index contributed by atoms with van der Waals surface area (Å²) < 4.78 is 5.44. The SMILES string of the molecule is C[C@@H](C#N)Oc1ccc(-c2nc(C(C)(C)C)cs2)cc1. The van der Waals surface area contributed by atoms with E-state index < -0.39 is 6.10 Å². The number of aromatic nitrogens is 1. The highest BCUT2D eigenvalue weighted by atomic mass is 32.1. The molecule has 1 atom stereocenters. The van der Waals surface area contributed by atoms with Crippen LogP contribution in [0.3, 0.4) is 0 Å². The maximum atomic E-state index is 8.72. The number of benzene rings is 1. The van der Waals surface area contributed by atoms with Crippen molar-refractivity contribution in [3.05, 3.63) is 35.3 Å². The molecule has 0 spiro atoms. The Morgan fingerprint density at radius 2 is 1.90 bits per heavy atom. The number of nitriles is 1. The number of nitrogens with zero attached hydrogens (tertiary/aromatic N) is 2. The van der Waals surface area contributed by atoms with Crippen molar-refractivity contribution >= 4 is 11.3 Å². The predicted molar refractivity (Wildman–Crippen MR) is 82.0 cm³/mol. The molecule has 0 aliphatic heterocycles. The molecule has 0 N–H and O–H groups in total. The first-order chi connectivity index (χ1) is 9.40. The molecule has 0 bridgehead atoms. The zero-order valence-corrected chi connectivity index (χ0v) is 13.0. The van der Waals surface area contributed by atoms with Gasteiger partial charge < -0.3 is 4.74 Å². The molecule has 104 valence electrons. The molecule has 0 saturated heterocycles. The molecule has 20 heavy (non-hydrogen) atoms. The lowest BCUT2D eigenvalue weighted by Gasteiger charge is -2.14. The van der Waals surface area contributed by atoms with Crippen molar-refractivity contribution in [1.82, 2.24) is 4.98 Å². The van der Waals surface area contributed by atoms with Crippen LogP contribution >= 0.6 is 11.3 Å². The van der Waals surface area contributed by atoms with Gasteiger partial charge in [0, 0.05) is 16.4 Å². The highest BCUT2D eigenvalue weighted by molar-refractivity contribution is 7.13. The van der Waals surface area contributed by atoms with Crippen molar-refractivity contribution in [1.29, 1.82) is 5.26 Å². The Balaban J connectivity index is 2.18. The van der Waals surface area contributed by atoms with Gasteiger partial charge >= 0.3 is 0 Å². The maximum absolute atomic E-state index is 8.72. The summed E-state index contributed by atoms with van der Waals surface area (Å²) >= 11 is 1.65. The number of ether oxygens (including phenoxy) is 1. The number of rotatable bonds is 3. The largest absolute Gasteiger partial charge is 0.476 e. The number of hydrogen-bond acceptors (Lipinski definition) is 4. The fraction of sp³-hybridized carbons (Fsp3) is 0.375. The molecule has 0 saturated carbocycles. The molecule has 0 fully saturated rings. The van der Waals surface area contributed by atoms with Gasteiger partial charge in [-0.3, -0.25) is 0 Å².